The van der Waals surface area contributed by atoms with Crippen LogP contribution in [0.3, 0.4) is 0 Å². The van der Waals surface area contributed by atoms with E-state index in [1.54, 1.807) is 12.1 Å². The van der Waals surface area contributed by atoms with Crippen LogP contribution < -0.4 is 0 Å². The highest BCUT2D eigenvalue weighted by molar-refractivity contribution is 9.09. The van der Waals surface area contributed by atoms with Crippen molar-refractivity contribution in [2.45, 2.75) is 0 Å². The van der Waals surface area contributed by atoms with Gasteiger partial charge in [-0.15, -0.1) is 0 Å². The average Bonchev–Trinajstić information content (AvgIpc) is 2.67. The summed E-state index contributed by atoms with van der Waals surface area (Å²) >= 11 is 5.99. The Morgan fingerprint density at radius 2 is 1.12 bits per heavy atom. The fourth-order valence-corrected chi connectivity index (χ4v) is 2.39. The van der Waals surface area contributed by atoms with Crippen LogP contribution in [0.4, 0.5) is 11.4 Å². The number of nitro benzene ring substituents is 2. The molecule has 0 aromatic heterocycles. The molecule has 8 nitrogen and oxygen atoms in total. The van der Waals surface area contributed by atoms with E-state index in [1.807, 2.05) is 0 Å². The highest BCUT2D eigenvalue weighted by Crippen LogP contribution is 2.14. The molecule has 2 rings (SSSR count). The van der Waals surface area contributed by atoms with Gasteiger partial charge in [0, 0.05) is 35.4 Å². The number of rotatable bonds is 6. The van der Waals surface area contributed by atoms with Gasteiger partial charge in [-0.25, -0.2) is 0 Å². The lowest BCUT2D eigenvalue weighted by Gasteiger charge is -1.95. The number of nitro groups is 2. The molecule has 2 aromatic rings. The molecule has 0 fully saturated rings. The van der Waals surface area contributed by atoms with Gasteiger partial charge >= 0.3 is 0 Å². The van der Waals surface area contributed by atoms with E-state index in [1.165, 1.54) is 36.4 Å². The van der Waals surface area contributed by atoms with Gasteiger partial charge in [-0.05, 0) is 0 Å². The number of halogens is 2. The Balaban J connectivity index is 0.000000260. The summed E-state index contributed by atoms with van der Waals surface area (Å²) in [6.45, 7) is 0. The van der Waals surface area contributed by atoms with E-state index in [9.17, 15) is 29.8 Å². The summed E-state index contributed by atoms with van der Waals surface area (Å²) in [6.07, 6.45) is 0. The molecule has 0 amide bonds. The summed E-state index contributed by atoms with van der Waals surface area (Å²) in [5, 5.41) is 21.0. The third-order valence-corrected chi connectivity index (χ3v) is 4.02. The van der Waals surface area contributed by atoms with Crippen molar-refractivity contribution < 1.29 is 19.4 Å². The zero-order valence-corrected chi connectivity index (χ0v) is 16.3. The van der Waals surface area contributed by atoms with Gasteiger partial charge in [0.15, 0.2) is 11.6 Å². The van der Waals surface area contributed by atoms with Crippen LogP contribution in [0.5, 0.6) is 0 Å². The van der Waals surface area contributed by atoms with Gasteiger partial charge in [0.05, 0.1) is 20.5 Å². The zero-order chi connectivity index (χ0) is 19.7. The zero-order valence-electron chi connectivity index (χ0n) is 13.1. The van der Waals surface area contributed by atoms with Crippen LogP contribution in [0.1, 0.15) is 20.7 Å². The molecular formula is C16H12Br2N2O6. The third-order valence-electron chi connectivity index (χ3n) is 3.00. The maximum absolute atomic E-state index is 11.1. The van der Waals surface area contributed by atoms with Crippen LogP contribution in [-0.4, -0.2) is 32.1 Å². The van der Waals surface area contributed by atoms with Gasteiger partial charge in [-0.1, -0.05) is 56.1 Å². The van der Waals surface area contributed by atoms with Crippen LogP contribution >= 0.6 is 31.9 Å². The number of carbonyl (C=O) groups is 2. The first-order valence-electron chi connectivity index (χ1n) is 6.97. The number of hydrogen-bond donors (Lipinski definition) is 0. The molecule has 0 radical (unpaired) electrons. The van der Waals surface area contributed by atoms with E-state index in [2.05, 4.69) is 31.9 Å². The maximum atomic E-state index is 11.1. The molecular weight excluding hydrogens is 476 g/mol. The Hall–Kier alpha value is -2.46. The molecule has 10 heteroatoms. The minimum Gasteiger partial charge on any atom is -0.293 e. The number of nitrogens with zero attached hydrogens (tertiary/aromatic N) is 2. The van der Waals surface area contributed by atoms with E-state index in [0.717, 1.165) is 0 Å². The molecule has 0 bridgehead atoms. The first-order valence-corrected chi connectivity index (χ1v) is 9.21. The second-order valence-electron chi connectivity index (χ2n) is 4.73. The predicted octanol–water partition coefficient (Wildman–Crippen LogP) is 4.34. The second kappa shape index (κ2) is 10.5. The van der Waals surface area contributed by atoms with Gasteiger partial charge in [0.2, 0.25) is 0 Å². The fraction of sp³-hybridized carbons (Fsp3) is 0.125. The molecule has 0 aliphatic carbocycles. The topological polar surface area (TPSA) is 120 Å². The van der Waals surface area contributed by atoms with Crippen molar-refractivity contribution in [3.05, 3.63) is 79.9 Å². The van der Waals surface area contributed by atoms with Gasteiger partial charge < -0.3 is 0 Å². The van der Waals surface area contributed by atoms with Crippen molar-refractivity contribution >= 4 is 54.8 Å². The Morgan fingerprint density at radius 3 is 1.38 bits per heavy atom. The lowest BCUT2D eigenvalue weighted by atomic mass is 10.1. The summed E-state index contributed by atoms with van der Waals surface area (Å²) in [5.41, 5.74) is 0.579. The second-order valence-corrected chi connectivity index (χ2v) is 5.85. The molecule has 0 aliphatic heterocycles. The Morgan fingerprint density at radius 1 is 0.769 bits per heavy atom. The van der Waals surface area contributed by atoms with E-state index >= 15 is 0 Å². The van der Waals surface area contributed by atoms with Crippen LogP contribution in [0, 0.1) is 20.2 Å². The van der Waals surface area contributed by atoms with Crippen LogP contribution in [0.25, 0.3) is 0 Å². The standard InChI is InChI=1S/2C8H6BrNO3/c2*9-5-8(11)6-2-1-3-7(4-6)10(12)13/h2*1-4H,5H2. The Kier molecular flexibility index (Phi) is 8.73. The quantitative estimate of drug-likeness (QED) is 0.258. The number of hydrogen-bond acceptors (Lipinski definition) is 6. The summed E-state index contributed by atoms with van der Waals surface area (Å²) in [7, 11) is 0. The van der Waals surface area contributed by atoms with E-state index < -0.39 is 9.85 Å². The van der Waals surface area contributed by atoms with Gasteiger partial charge in [0.25, 0.3) is 11.4 Å². The van der Waals surface area contributed by atoms with Crippen molar-refractivity contribution in [2.75, 3.05) is 10.7 Å². The van der Waals surface area contributed by atoms with Crippen LogP contribution in [0.15, 0.2) is 48.5 Å². The number of Topliss-reactive ketones (excluding diaryl/α,β-unsaturated/α-hetero) is 2. The first-order chi connectivity index (χ1) is 12.3. The van der Waals surface area contributed by atoms with Crippen LogP contribution in [-0.2, 0) is 0 Å². The number of ketones is 2. The van der Waals surface area contributed by atoms with Gasteiger partial charge in [-0.2, -0.15) is 0 Å². The summed E-state index contributed by atoms with van der Waals surface area (Å²) in [5.74, 6) is -0.326. The molecule has 136 valence electrons. The Labute approximate surface area is 164 Å². The minimum absolute atomic E-state index is 0.0631. The minimum atomic E-state index is -0.523. The maximum Gasteiger partial charge on any atom is 0.270 e. The number of alkyl halides is 2. The van der Waals surface area contributed by atoms with Gasteiger partial charge in [-0.3, -0.25) is 29.8 Å². The highest BCUT2D eigenvalue weighted by atomic mass is 79.9. The normalized spacial score (nSPS) is 9.62. The number of non-ortho nitro benzene ring substituents is 2. The SMILES string of the molecule is O=C(CBr)c1cccc([N+](=O)[O-])c1.O=C(CBr)c1cccc([N+](=O)[O-])c1. The van der Waals surface area contributed by atoms with E-state index in [4.69, 9.17) is 0 Å². The van der Waals surface area contributed by atoms with Crippen LogP contribution in [0.2, 0.25) is 0 Å². The van der Waals surface area contributed by atoms with E-state index in [0.29, 0.717) is 11.1 Å². The molecule has 0 heterocycles. The number of benzene rings is 2. The largest absolute Gasteiger partial charge is 0.293 e. The molecule has 0 saturated carbocycles. The van der Waals surface area contributed by atoms with Crippen molar-refractivity contribution in [3.63, 3.8) is 0 Å². The monoisotopic (exact) mass is 486 g/mol. The van der Waals surface area contributed by atoms with E-state index in [-0.39, 0.29) is 33.6 Å². The summed E-state index contributed by atoms with van der Waals surface area (Å²) in [4.78, 5) is 41.9. The molecule has 0 saturated heterocycles. The Bertz CT molecular complexity index is 771. The molecule has 0 atom stereocenters. The molecule has 0 spiro atoms. The molecule has 2 aromatic carbocycles. The molecule has 0 unspecified atom stereocenters. The average molecular weight is 488 g/mol. The van der Waals surface area contributed by atoms with Gasteiger partial charge in [0.1, 0.15) is 0 Å². The number of carbonyl (C=O) groups excluding carboxylic acids is 2. The summed E-state index contributed by atoms with van der Waals surface area (Å²) < 4.78 is 0. The van der Waals surface area contributed by atoms with Crippen molar-refractivity contribution in [2.24, 2.45) is 0 Å². The lowest BCUT2D eigenvalue weighted by molar-refractivity contribution is -0.385. The first kappa shape index (κ1) is 21.6. The lowest BCUT2D eigenvalue weighted by Crippen LogP contribution is -2.00. The molecule has 0 aliphatic rings. The molecule has 0 N–H and O–H groups in total. The van der Waals surface area contributed by atoms with Crippen molar-refractivity contribution in [3.8, 4) is 0 Å². The van der Waals surface area contributed by atoms with Crippen molar-refractivity contribution in [1.82, 2.24) is 0 Å². The fourth-order valence-electron chi connectivity index (χ4n) is 1.74. The van der Waals surface area contributed by atoms with Crippen molar-refractivity contribution in [1.29, 1.82) is 0 Å². The highest BCUT2D eigenvalue weighted by Gasteiger charge is 2.10. The summed E-state index contributed by atoms with van der Waals surface area (Å²) in [6, 6.07) is 11.3. The smallest absolute Gasteiger partial charge is 0.270 e. The third kappa shape index (κ3) is 6.45. The molecule has 26 heavy (non-hydrogen) atoms. The predicted molar refractivity (Wildman–Crippen MR) is 102 cm³/mol.